The first kappa shape index (κ1) is 24.3. The largest absolute Gasteiger partial charge is 0.493 e. The molecule has 0 heterocycles. The minimum Gasteiger partial charge on any atom is -0.493 e. The molecule has 182 valence electrons. The van der Waals surface area contributed by atoms with Crippen LogP contribution in [0.4, 0.5) is 11.4 Å². The molecule has 0 aliphatic rings. The maximum Gasteiger partial charge on any atom is 0.286 e. The number of methoxy groups -OCH3 is 1. The van der Waals surface area contributed by atoms with Crippen molar-refractivity contribution in [3.63, 3.8) is 0 Å². The van der Waals surface area contributed by atoms with Crippen molar-refractivity contribution in [2.45, 2.75) is 13.2 Å². The first-order valence-electron chi connectivity index (χ1n) is 11.1. The Kier molecular flexibility index (Phi) is 7.77. The van der Waals surface area contributed by atoms with E-state index in [2.05, 4.69) is 5.32 Å². The molecule has 0 atom stereocenters. The molecule has 4 rings (SSSR count). The SMILES string of the molecule is COc1cc(C(=O)Nc2ccc(OCc3ccccc3)cc2)c([N+](=O)[O-])cc1OCc1ccccc1. The van der Waals surface area contributed by atoms with Crippen molar-refractivity contribution in [3.05, 3.63) is 124 Å². The van der Waals surface area contributed by atoms with E-state index >= 15 is 0 Å². The average Bonchev–Trinajstić information content (AvgIpc) is 2.92. The maximum absolute atomic E-state index is 13.0. The lowest BCUT2D eigenvalue weighted by Gasteiger charge is -2.13. The minimum absolute atomic E-state index is 0.145. The summed E-state index contributed by atoms with van der Waals surface area (Å²) in [4.78, 5) is 24.1. The fourth-order valence-electron chi connectivity index (χ4n) is 3.46. The van der Waals surface area contributed by atoms with Gasteiger partial charge in [-0.25, -0.2) is 0 Å². The Morgan fingerprint density at radius 1 is 0.806 bits per heavy atom. The molecule has 4 aromatic carbocycles. The topological polar surface area (TPSA) is 99.9 Å². The van der Waals surface area contributed by atoms with Gasteiger partial charge in [-0.1, -0.05) is 60.7 Å². The van der Waals surface area contributed by atoms with Gasteiger partial charge in [0.15, 0.2) is 11.5 Å². The van der Waals surface area contributed by atoms with Crippen LogP contribution >= 0.6 is 0 Å². The summed E-state index contributed by atoms with van der Waals surface area (Å²) in [5.41, 5.74) is 1.85. The summed E-state index contributed by atoms with van der Waals surface area (Å²) >= 11 is 0. The van der Waals surface area contributed by atoms with Gasteiger partial charge in [0.1, 0.15) is 24.5 Å². The van der Waals surface area contributed by atoms with Gasteiger partial charge in [0, 0.05) is 11.8 Å². The van der Waals surface area contributed by atoms with Gasteiger partial charge in [0.25, 0.3) is 11.6 Å². The van der Waals surface area contributed by atoms with Crippen LogP contribution in [-0.2, 0) is 13.2 Å². The first-order valence-corrected chi connectivity index (χ1v) is 11.1. The van der Waals surface area contributed by atoms with E-state index in [0.29, 0.717) is 18.0 Å². The monoisotopic (exact) mass is 484 g/mol. The summed E-state index contributed by atoms with van der Waals surface area (Å²) in [5.74, 6) is 0.368. The average molecular weight is 485 g/mol. The molecule has 0 aliphatic heterocycles. The molecule has 1 amide bonds. The van der Waals surface area contributed by atoms with Gasteiger partial charge < -0.3 is 19.5 Å². The second kappa shape index (κ2) is 11.5. The Bertz CT molecular complexity index is 1330. The Morgan fingerprint density at radius 3 is 1.94 bits per heavy atom. The van der Waals surface area contributed by atoms with Crippen LogP contribution in [0.3, 0.4) is 0 Å². The van der Waals surface area contributed by atoms with Gasteiger partial charge in [-0.05, 0) is 35.4 Å². The van der Waals surface area contributed by atoms with Gasteiger partial charge in [-0.2, -0.15) is 0 Å². The number of rotatable bonds is 10. The third-order valence-electron chi connectivity index (χ3n) is 5.32. The molecule has 0 fully saturated rings. The number of carbonyl (C=O) groups is 1. The third-order valence-corrected chi connectivity index (χ3v) is 5.32. The van der Waals surface area contributed by atoms with Crippen molar-refractivity contribution in [3.8, 4) is 17.2 Å². The lowest BCUT2D eigenvalue weighted by atomic mass is 10.1. The molecule has 1 N–H and O–H groups in total. The predicted molar refractivity (Wildman–Crippen MR) is 136 cm³/mol. The van der Waals surface area contributed by atoms with Crippen molar-refractivity contribution in [1.82, 2.24) is 0 Å². The second-order valence-corrected chi connectivity index (χ2v) is 7.80. The number of amides is 1. The van der Waals surface area contributed by atoms with E-state index in [1.807, 2.05) is 60.7 Å². The number of ether oxygens (including phenoxy) is 3. The number of nitrogens with zero attached hydrogens (tertiary/aromatic N) is 1. The standard InChI is InChI=1S/C28H24N2O6/c1-34-26-16-24(25(30(32)33)17-27(26)36-19-21-10-6-3-7-11-21)28(31)29-22-12-14-23(15-13-22)35-18-20-8-4-2-5-9-20/h2-17H,18-19H2,1H3,(H,29,31). The number of nitro benzene ring substituents is 1. The van der Waals surface area contributed by atoms with E-state index in [-0.39, 0.29) is 29.4 Å². The van der Waals surface area contributed by atoms with E-state index in [9.17, 15) is 14.9 Å². The van der Waals surface area contributed by atoms with Gasteiger partial charge in [-0.3, -0.25) is 14.9 Å². The van der Waals surface area contributed by atoms with Crippen LogP contribution in [0, 0.1) is 10.1 Å². The van der Waals surface area contributed by atoms with Crippen LogP contribution in [0.5, 0.6) is 17.2 Å². The number of hydrogen-bond donors (Lipinski definition) is 1. The van der Waals surface area contributed by atoms with E-state index < -0.39 is 10.8 Å². The fraction of sp³-hybridized carbons (Fsp3) is 0.107. The van der Waals surface area contributed by atoms with E-state index in [0.717, 1.165) is 11.1 Å². The molecule has 0 unspecified atom stereocenters. The Labute approximate surface area is 208 Å². The minimum atomic E-state index is -0.646. The van der Waals surface area contributed by atoms with Crippen molar-refractivity contribution in [1.29, 1.82) is 0 Å². The lowest BCUT2D eigenvalue weighted by molar-refractivity contribution is -0.385. The van der Waals surface area contributed by atoms with Crippen molar-refractivity contribution < 1.29 is 23.9 Å². The van der Waals surface area contributed by atoms with Gasteiger partial charge in [0.05, 0.1) is 18.1 Å². The smallest absolute Gasteiger partial charge is 0.286 e. The van der Waals surface area contributed by atoms with Crippen molar-refractivity contribution in [2.75, 3.05) is 12.4 Å². The number of nitrogens with one attached hydrogen (secondary N) is 1. The summed E-state index contributed by atoms with van der Waals surface area (Å²) in [6.07, 6.45) is 0. The third kappa shape index (κ3) is 6.18. The highest BCUT2D eigenvalue weighted by atomic mass is 16.6. The van der Waals surface area contributed by atoms with E-state index in [4.69, 9.17) is 14.2 Å². The molecule has 0 aromatic heterocycles. The molecule has 8 nitrogen and oxygen atoms in total. The van der Waals surface area contributed by atoms with Crippen LogP contribution in [0.15, 0.2) is 97.1 Å². The number of hydrogen-bond acceptors (Lipinski definition) is 6. The zero-order valence-corrected chi connectivity index (χ0v) is 19.5. The highest BCUT2D eigenvalue weighted by molar-refractivity contribution is 6.07. The highest BCUT2D eigenvalue weighted by Gasteiger charge is 2.25. The number of benzene rings is 4. The highest BCUT2D eigenvalue weighted by Crippen LogP contribution is 2.35. The molecule has 0 aliphatic carbocycles. The van der Waals surface area contributed by atoms with Crippen LogP contribution in [0.1, 0.15) is 21.5 Å². The van der Waals surface area contributed by atoms with Crippen molar-refractivity contribution in [2.24, 2.45) is 0 Å². The zero-order valence-electron chi connectivity index (χ0n) is 19.5. The van der Waals surface area contributed by atoms with Gasteiger partial charge in [0.2, 0.25) is 0 Å². The molecule has 4 aromatic rings. The van der Waals surface area contributed by atoms with Crippen LogP contribution in [-0.4, -0.2) is 17.9 Å². The fourth-order valence-corrected chi connectivity index (χ4v) is 3.46. The number of carbonyl (C=O) groups excluding carboxylic acids is 1. The van der Waals surface area contributed by atoms with Crippen LogP contribution < -0.4 is 19.5 Å². The quantitative estimate of drug-likeness (QED) is 0.218. The maximum atomic E-state index is 13.0. The summed E-state index contributed by atoms with van der Waals surface area (Å²) in [6.45, 7) is 0.607. The molecular weight excluding hydrogens is 460 g/mol. The summed E-state index contributed by atoms with van der Waals surface area (Å²) in [5, 5.41) is 14.4. The normalized spacial score (nSPS) is 10.4. The zero-order chi connectivity index (χ0) is 25.3. The van der Waals surface area contributed by atoms with Crippen molar-refractivity contribution >= 4 is 17.3 Å². The molecule has 36 heavy (non-hydrogen) atoms. The molecule has 8 heteroatoms. The molecule has 0 bridgehead atoms. The summed E-state index contributed by atoms with van der Waals surface area (Å²) in [7, 11) is 1.41. The first-order chi connectivity index (χ1) is 17.5. The van der Waals surface area contributed by atoms with Gasteiger partial charge in [-0.15, -0.1) is 0 Å². The molecule has 0 saturated carbocycles. The lowest BCUT2D eigenvalue weighted by Crippen LogP contribution is -2.14. The number of anilines is 1. The van der Waals surface area contributed by atoms with Crippen LogP contribution in [0.2, 0.25) is 0 Å². The molecule has 0 saturated heterocycles. The number of nitro groups is 1. The van der Waals surface area contributed by atoms with Crippen LogP contribution in [0.25, 0.3) is 0 Å². The summed E-state index contributed by atoms with van der Waals surface area (Å²) < 4.78 is 16.8. The van der Waals surface area contributed by atoms with E-state index in [1.165, 1.54) is 19.2 Å². The molecule has 0 radical (unpaired) electrons. The van der Waals surface area contributed by atoms with E-state index in [1.54, 1.807) is 24.3 Å². The Morgan fingerprint density at radius 2 is 1.39 bits per heavy atom. The second-order valence-electron chi connectivity index (χ2n) is 7.80. The summed E-state index contributed by atoms with van der Waals surface area (Å²) in [6, 6.07) is 28.4. The predicted octanol–water partition coefficient (Wildman–Crippen LogP) is 6.01. The Hall–Kier alpha value is -4.85. The van der Waals surface area contributed by atoms with Gasteiger partial charge >= 0.3 is 0 Å². The Balaban J connectivity index is 1.47. The molecular formula is C28H24N2O6. The molecule has 0 spiro atoms.